The van der Waals surface area contributed by atoms with Gasteiger partial charge in [-0.1, -0.05) is 0 Å². The van der Waals surface area contributed by atoms with Gasteiger partial charge in [0.25, 0.3) is 0 Å². The molecular formula is C15H16O5. The Morgan fingerprint density at radius 3 is 2.55 bits per heavy atom. The molecule has 0 spiro atoms. The summed E-state index contributed by atoms with van der Waals surface area (Å²) in [6.07, 6.45) is -0.0346. The van der Waals surface area contributed by atoms with E-state index in [9.17, 15) is 9.59 Å². The first-order valence-corrected chi connectivity index (χ1v) is 6.51. The van der Waals surface area contributed by atoms with E-state index in [0.29, 0.717) is 11.3 Å². The van der Waals surface area contributed by atoms with Crippen molar-refractivity contribution in [3.63, 3.8) is 0 Å². The Kier molecular flexibility index (Phi) is 2.66. The third kappa shape index (κ3) is 1.98. The molecule has 5 heteroatoms. The van der Waals surface area contributed by atoms with Crippen LogP contribution in [0.2, 0.25) is 0 Å². The molecule has 2 aliphatic rings. The molecule has 0 N–H and O–H groups in total. The van der Waals surface area contributed by atoms with Crippen molar-refractivity contribution in [3.05, 3.63) is 23.3 Å². The maximum Gasteiger partial charge on any atom is 0.308 e. The van der Waals surface area contributed by atoms with E-state index in [1.807, 2.05) is 13.8 Å². The maximum absolute atomic E-state index is 11.7. The molecule has 0 aliphatic carbocycles. The Morgan fingerprint density at radius 1 is 1.25 bits per heavy atom. The van der Waals surface area contributed by atoms with Gasteiger partial charge in [-0.3, -0.25) is 9.59 Å². The molecule has 2 heterocycles. The molecule has 1 saturated heterocycles. The average Bonchev–Trinajstić information content (AvgIpc) is 3.07. The van der Waals surface area contributed by atoms with Gasteiger partial charge in [0.2, 0.25) is 0 Å². The van der Waals surface area contributed by atoms with Crippen LogP contribution in [0.1, 0.15) is 49.7 Å². The van der Waals surface area contributed by atoms with E-state index in [4.69, 9.17) is 14.2 Å². The van der Waals surface area contributed by atoms with Crippen LogP contribution in [0.4, 0.5) is 0 Å². The Balaban J connectivity index is 2.09. The molecule has 1 aromatic carbocycles. The first kappa shape index (κ1) is 13.1. The highest BCUT2D eigenvalue weighted by Crippen LogP contribution is 2.54. The van der Waals surface area contributed by atoms with Crippen LogP contribution in [0.5, 0.6) is 11.5 Å². The molecule has 0 bridgehead atoms. The van der Waals surface area contributed by atoms with Crippen molar-refractivity contribution in [2.75, 3.05) is 0 Å². The van der Waals surface area contributed by atoms with Gasteiger partial charge in [-0.15, -0.1) is 0 Å². The minimum atomic E-state index is -0.469. The van der Waals surface area contributed by atoms with Crippen molar-refractivity contribution in [3.8, 4) is 11.5 Å². The van der Waals surface area contributed by atoms with Crippen LogP contribution in [0.25, 0.3) is 0 Å². The Morgan fingerprint density at radius 2 is 1.95 bits per heavy atom. The number of epoxide rings is 1. The summed E-state index contributed by atoms with van der Waals surface area (Å²) in [5.41, 5.74) is 0.787. The molecule has 2 aliphatic heterocycles. The van der Waals surface area contributed by atoms with Gasteiger partial charge in [-0.2, -0.15) is 0 Å². The van der Waals surface area contributed by atoms with E-state index in [2.05, 4.69) is 0 Å². The summed E-state index contributed by atoms with van der Waals surface area (Å²) in [4.78, 5) is 22.9. The van der Waals surface area contributed by atoms with Crippen molar-refractivity contribution in [1.82, 2.24) is 0 Å². The number of esters is 1. The Bertz CT molecular complexity index is 617. The van der Waals surface area contributed by atoms with Crippen LogP contribution in [-0.4, -0.2) is 23.5 Å². The van der Waals surface area contributed by atoms with Gasteiger partial charge in [0.1, 0.15) is 29.3 Å². The van der Waals surface area contributed by atoms with Gasteiger partial charge in [0, 0.05) is 18.6 Å². The van der Waals surface area contributed by atoms with Gasteiger partial charge in [0.05, 0.1) is 5.56 Å². The van der Waals surface area contributed by atoms with E-state index in [0.717, 1.165) is 5.56 Å². The third-order valence-electron chi connectivity index (χ3n) is 3.60. The normalized spacial score (nSPS) is 25.0. The lowest BCUT2D eigenvalue weighted by Gasteiger charge is -2.30. The summed E-state index contributed by atoms with van der Waals surface area (Å²) >= 11 is 0. The number of fused-ring (bicyclic) bond motifs is 3. The third-order valence-corrected chi connectivity index (χ3v) is 3.60. The fourth-order valence-electron chi connectivity index (χ4n) is 2.62. The lowest BCUT2D eigenvalue weighted by molar-refractivity contribution is -0.131. The highest BCUT2D eigenvalue weighted by molar-refractivity contribution is 5.98. The van der Waals surface area contributed by atoms with Gasteiger partial charge in [0.15, 0.2) is 5.78 Å². The quantitative estimate of drug-likeness (QED) is 0.359. The molecule has 2 atom stereocenters. The van der Waals surface area contributed by atoms with Crippen LogP contribution in [0, 0.1) is 0 Å². The molecule has 3 rings (SSSR count). The second kappa shape index (κ2) is 4.06. The first-order chi connectivity index (χ1) is 9.29. The Labute approximate surface area is 116 Å². The highest BCUT2D eigenvalue weighted by Gasteiger charge is 2.57. The molecule has 0 aromatic heterocycles. The predicted molar refractivity (Wildman–Crippen MR) is 70.1 cm³/mol. The zero-order chi connectivity index (χ0) is 14.7. The summed E-state index contributed by atoms with van der Waals surface area (Å²) in [7, 11) is 0. The summed E-state index contributed by atoms with van der Waals surface area (Å²) in [5, 5.41) is 0. The largest absolute Gasteiger partial charge is 0.484 e. The van der Waals surface area contributed by atoms with Crippen LogP contribution in [0.15, 0.2) is 12.1 Å². The minimum absolute atomic E-state index is 0.00869. The van der Waals surface area contributed by atoms with Crippen molar-refractivity contribution < 1.29 is 23.8 Å². The van der Waals surface area contributed by atoms with E-state index in [1.165, 1.54) is 13.8 Å². The number of carbonyl (C=O) groups is 2. The van der Waals surface area contributed by atoms with Gasteiger partial charge < -0.3 is 14.2 Å². The molecule has 0 saturated carbocycles. The number of benzene rings is 1. The van der Waals surface area contributed by atoms with Crippen molar-refractivity contribution in [2.24, 2.45) is 0 Å². The minimum Gasteiger partial charge on any atom is -0.484 e. The molecular weight excluding hydrogens is 260 g/mol. The predicted octanol–water partition coefficient (Wildman–Crippen LogP) is 2.43. The molecule has 0 amide bonds. The molecule has 5 nitrogen and oxygen atoms in total. The van der Waals surface area contributed by atoms with Crippen LogP contribution < -0.4 is 9.47 Å². The maximum atomic E-state index is 11.7. The van der Waals surface area contributed by atoms with Gasteiger partial charge in [-0.05, 0) is 26.8 Å². The lowest BCUT2D eigenvalue weighted by Crippen LogP contribution is -2.37. The molecule has 20 heavy (non-hydrogen) atoms. The summed E-state index contributed by atoms with van der Waals surface area (Å²) in [5.74, 6) is 0.211. The van der Waals surface area contributed by atoms with Crippen LogP contribution in [-0.2, 0) is 9.53 Å². The number of ketones is 1. The summed E-state index contributed by atoms with van der Waals surface area (Å²) in [6, 6.07) is 3.31. The number of ether oxygens (including phenoxy) is 3. The molecule has 1 fully saturated rings. The number of rotatable bonds is 2. The van der Waals surface area contributed by atoms with Crippen LogP contribution >= 0.6 is 0 Å². The summed E-state index contributed by atoms with van der Waals surface area (Å²) in [6.45, 7) is 6.64. The Hall–Kier alpha value is -1.88. The zero-order valence-electron chi connectivity index (χ0n) is 11.9. The van der Waals surface area contributed by atoms with E-state index >= 15 is 0 Å². The lowest BCUT2D eigenvalue weighted by atomic mass is 9.92. The van der Waals surface area contributed by atoms with Crippen molar-refractivity contribution in [2.45, 2.75) is 45.5 Å². The number of carbonyl (C=O) groups excluding carboxylic acids is 2. The molecule has 0 radical (unpaired) electrons. The number of hydrogen-bond acceptors (Lipinski definition) is 5. The summed E-state index contributed by atoms with van der Waals surface area (Å²) < 4.78 is 16.6. The zero-order valence-corrected chi connectivity index (χ0v) is 11.9. The van der Waals surface area contributed by atoms with E-state index in [1.54, 1.807) is 12.1 Å². The van der Waals surface area contributed by atoms with Gasteiger partial charge in [-0.25, -0.2) is 0 Å². The SMILES string of the molecule is CC(=O)Oc1cc2c(cc1C(C)=O)[C@H]1O[C@H]1C(C)(C)O2. The van der Waals surface area contributed by atoms with Crippen molar-refractivity contribution >= 4 is 11.8 Å². The fourth-order valence-corrected chi connectivity index (χ4v) is 2.62. The second-order valence-corrected chi connectivity index (χ2v) is 5.72. The first-order valence-electron chi connectivity index (χ1n) is 6.51. The standard InChI is InChI=1S/C15H16O5/c1-7(16)9-5-10-12(6-11(9)18-8(2)17)20-15(3,4)14-13(10)19-14/h5-6,13-14H,1-4H3/t13-,14-/m1/s1. The monoisotopic (exact) mass is 276 g/mol. The van der Waals surface area contributed by atoms with Crippen molar-refractivity contribution in [1.29, 1.82) is 0 Å². The van der Waals surface area contributed by atoms with Gasteiger partial charge >= 0.3 is 5.97 Å². The highest BCUT2D eigenvalue weighted by atomic mass is 16.6. The van der Waals surface area contributed by atoms with Crippen LogP contribution in [0.3, 0.4) is 0 Å². The number of hydrogen-bond donors (Lipinski definition) is 0. The molecule has 0 unspecified atom stereocenters. The topological polar surface area (TPSA) is 65.1 Å². The number of Topliss-reactive ketones (excluding diaryl/α,β-unsaturated/α-hetero) is 1. The fraction of sp³-hybridized carbons (Fsp3) is 0.467. The average molecular weight is 276 g/mol. The second-order valence-electron chi connectivity index (χ2n) is 5.72. The van der Waals surface area contributed by atoms with E-state index < -0.39 is 11.6 Å². The molecule has 106 valence electrons. The molecule has 1 aromatic rings. The smallest absolute Gasteiger partial charge is 0.308 e. The van der Waals surface area contributed by atoms with E-state index in [-0.39, 0.29) is 23.7 Å².